The molecule has 0 amide bonds. The first-order valence-corrected chi connectivity index (χ1v) is 7.02. The summed E-state index contributed by atoms with van der Waals surface area (Å²) in [4.78, 5) is 14.4. The number of nitrogens with zero attached hydrogens (tertiary/aromatic N) is 1. The molecule has 2 rings (SSSR count). The Labute approximate surface area is 99.4 Å². The molecule has 0 bridgehead atoms. The van der Waals surface area contributed by atoms with E-state index in [0.29, 0.717) is 18.2 Å². The van der Waals surface area contributed by atoms with Gasteiger partial charge in [-0.2, -0.15) is 0 Å². The fourth-order valence-corrected chi connectivity index (χ4v) is 3.62. The molecule has 2 heteroatoms. The SMILES string of the molecule is CCC(=O)C(C)N1CCCC2CCCCC21. The third-order valence-electron chi connectivity index (χ3n) is 4.60. The number of rotatable bonds is 3. The summed E-state index contributed by atoms with van der Waals surface area (Å²) in [5.41, 5.74) is 0. The van der Waals surface area contributed by atoms with Crippen molar-refractivity contribution in [1.29, 1.82) is 0 Å². The molecule has 2 fully saturated rings. The van der Waals surface area contributed by atoms with Gasteiger partial charge in [0, 0.05) is 12.5 Å². The molecule has 1 saturated carbocycles. The number of ketones is 1. The van der Waals surface area contributed by atoms with Gasteiger partial charge in [0.1, 0.15) is 5.78 Å². The van der Waals surface area contributed by atoms with Crippen molar-refractivity contribution in [3.05, 3.63) is 0 Å². The van der Waals surface area contributed by atoms with Crippen molar-refractivity contribution in [2.45, 2.75) is 70.9 Å². The Bertz CT molecular complexity index is 249. The molecule has 1 aliphatic carbocycles. The first-order valence-electron chi connectivity index (χ1n) is 7.02. The van der Waals surface area contributed by atoms with Gasteiger partial charge in [0.2, 0.25) is 0 Å². The molecule has 0 N–H and O–H groups in total. The summed E-state index contributed by atoms with van der Waals surface area (Å²) >= 11 is 0. The highest BCUT2D eigenvalue weighted by Gasteiger charge is 2.36. The van der Waals surface area contributed by atoms with Crippen LogP contribution in [-0.4, -0.2) is 29.3 Å². The van der Waals surface area contributed by atoms with E-state index in [4.69, 9.17) is 0 Å². The Hall–Kier alpha value is -0.370. The van der Waals surface area contributed by atoms with Crippen molar-refractivity contribution in [2.75, 3.05) is 6.54 Å². The summed E-state index contributed by atoms with van der Waals surface area (Å²) in [6.45, 7) is 5.25. The van der Waals surface area contributed by atoms with Crippen LogP contribution in [-0.2, 0) is 4.79 Å². The number of carbonyl (C=O) groups is 1. The summed E-state index contributed by atoms with van der Waals surface area (Å²) in [5.74, 6) is 1.31. The Morgan fingerprint density at radius 3 is 2.69 bits per heavy atom. The quantitative estimate of drug-likeness (QED) is 0.733. The third kappa shape index (κ3) is 2.32. The summed E-state index contributed by atoms with van der Waals surface area (Å²) < 4.78 is 0. The third-order valence-corrected chi connectivity index (χ3v) is 4.60. The van der Waals surface area contributed by atoms with Crippen molar-refractivity contribution in [2.24, 2.45) is 5.92 Å². The van der Waals surface area contributed by atoms with Gasteiger partial charge >= 0.3 is 0 Å². The molecule has 0 radical (unpaired) electrons. The van der Waals surface area contributed by atoms with E-state index in [-0.39, 0.29) is 6.04 Å². The zero-order chi connectivity index (χ0) is 11.5. The predicted octanol–water partition coefficient (Wildman–Crippen LogP) is 3.01. The summed E-state index contributed by atoms with van der Waals surface area (Å²) in [6.07, 6.45) is 8.88. The molecule has 1 aliphatic heterocycles. The van der Waals surface area contributed by atoms with Crippen LogP contribution in [0.4, 0.5) is 0 Å². The van der Waals surface area contributed by atoms with Gasteiger partial charge in [-0.1, -0.05) is 19.8 Å². The van der Waals surface area contributed by atoms with Gasteiger partial charge in [-0.05, 0) is 45.1 Å². The van der Waals surface area contributed by atoms with E-state index in [1.165, 1.54) is 38.5 Å². The lowest BCUT2D eigenvalue weighted by Gasteiger charge is -2.46. The highest BCUT2D eigenvalue weighted by atomic mass is 16.1. The number of carbonyl (C=O) groups excluding carboxylic acids is 1. The van der Waals surface area contributed by atoms with E-state index >= 15 is 0 Å². The zero-order valence-electron chi connectivity index (χ0n) is 10.7. The number of piperidine rings is 1. The number of hydrogen-bond donors (Lipinski definition) is 0. The normalized spacial score (nSPS) is 33.1. The van der Waals surface area contributed by atoms with Crippen LogP contribution >= 0.6 is 0 Å². The molecule has 2 aliphatic rings. The molecule has 3 unspecified atom stereocenters. The molecular weight excluding hydrogens is 198 g/mol. The number of likely N-dealkylation sites (tertiary alicyclic amines) is 1. The highest BCUT2D eigenvalue weighted by Crippen LogP contribution is 2.36. The van der Waals surface area contributed by atoms with Crippen molar-refractivity contribution < 1.29 is 4.79 Å². The lowest BCUT2D eigenvalue weighted by Crippen LogP contribution is -2.52. The topological polar surface area (TPSA) is 20.3 Å². The van der Waals surface area contributed by atoms with Crippen LogP contribution < -0.4 is 0 Å². The maximum atomic E-state index is 11.8. The van der Waals surface area contributed by atoms with E-state index in [1.807, 2.05) is 6.92 Å². The molecule has 2 nitrogen and oxygen atoms in total. The molecular formula is C14H25NO. The summed E-state index contributed by atoms with van der Waals surface area (Å²) in [6, 6.07) is 0.879. The van der Waals surface area contributed by atoms with Gasteiger partial charge in [-0.3, -0.25) is 9.69 Å². The lowest BCUT2D eigenvalue weighted by atomic mass is 9.77. The highest BCUT2D eigenvalue weighted by molar-refractivity contribution is 5.83. The fourth-order valence-electron chi connectivity index (χ4n) is 3.62. The maximum absolute atomic E-state index is 11.8. The smallest absolute Gasteiger partial charge is 0.149 e. The Balaban J connectivity index is 2.04. The molecule has 0 aromatic rings. The van der Waals surface area contributed by atoms with E-state index in [1.54, 1.807) is 0 Å². The molecule has 0 aromatic heterocycles. The van der Waals surface area contributed by atoms with Crippen LogP contribution in [0.15, 0.2) is 0 Å². The lowest BCUT2D eigenvalue weighted by molar-refractivity contribution is -0.126. The van der Waals surface area contributed by atoms with Gasteiger partial charge in [-0.25, -0.2) is 0 Å². The van der Waals surface area contributed by atoms with Gasteiger partial charge in [-0.15, -0.1) is 0 Å². The van der Waals surface area contributed by atoms with E-state index in [9.17, 15) is 4.79 Å². The second-order valence-corrected chi connectivity index (χ2v) is 5.49. The first-order chi connectivity index (χ1) is 7.74. The maximum Gasteiger partial charge on any atom is 0.149 e. The van der Waals surface area contributed by atoms with E-state index < -0.39 is 0 Å². The minimum absolute atomic E-state index is 0.163. The van der Waals surface area contributed by atoms with Gasteiger partial charge in [0.15, 0.2) is 0 Å². The van der Waals surface area contributed by atoms with Crippen LogP contribution in [0, 0.1) is 5.92 Å². The number of hydrogen-bond acceptors (Lipinski definition) is 2. The van der Waals surface area contributed by atoms with Crippen molar-refractivity contribution >= 4 is 5.78 Å². The fraction of sp³-hybridized carbons (Fsp3) is 0.929. The van der Waals surface area contributed by atoms with Crippen LogP contribution in [0.25, 0.3) is 0 Å². The Kier molecular flexibility index (Phi) is 4.01. The Morgan fingerprint density at radius 2 is 1.94 bits per heavy atom. The van der Waals surface area contributed by atoms with Crippen LogP contribution in [0.3, 0.4) is 0 Å². The first kappa shape index (κ1) is 12.1. The average Bonchev–Trinajstić information content (AvgIpc) is 2.36. The molecule has 0 spiro atoms. The standard InChI is InChI=1S/C14H25NO/c1-3-14(16)11(2)15-10-6-8-12-7-4-5-9-13(12)15/h11-13H,3-10H2,1-2H3. The minimum atomic E-state index is 0.163. The number of fused-ring (bicyclic) bond motifs is 1. The van der Waals surface area contributed by atoms with E-state index in [0.717, 1.165) is 12.5 Å². The molecule has 0 aromatic carbocycles. The van der Waals surface area contributed by atoms with Crippen LogP contribution in [0.1, 0.15) is 58.8 Å². The van der Waals surface area contributed by atoms with Crippen molar-refractivity contribution in [3.8, 4) is 0 Å². The monoisotopic (exact) mass is 223 g/mol. The molecule has 92 valence electrons. The number of Topliss-reactive ketones (excluding diaryl/α,β-unsaturated/α-hetero) is 1. The van der Waals surface area contributed by atoms with E-state index in [2.05, 4.69) is 11.8 Å². The molecule has 16 heavy (non-hydrogen) atoms. The zero-order valence-corrected chi connectivity index (χ0v) is 10.7. The second-order valence-electron chi connectivity index (χ2n) is 5.49. The predicted molar refractivity (Wildman–Crippen MR) is 66.4 cm³/mol. The second kappa shape index (κ2) is 5.31. The van der Waals surface area contributed by atoms with Gasteiger partial charge in [0.05, 0.1) is 6.04 Å². The molecule has 3 atom stereocenters. The Morgan fingerprint density at radius 1 is 1.25 bits per heavy atom. The summed E-state index contributed by atoms with van der Waals surface area (Å²) in [7, 11) is 0. The van der Waals surface area contributed by atoms with Crippen LogP contribution in [0.5, 0.6) is 0 Å². The van der Waals surface area contributed by atoms with Gasteiger partial charge < -0.3 is 0 Å². The average molecular weight is 223 g/mol. The van der Waals surface area contributed by atoms with Crippen LogP contribution in [0.2, 0.25) is 0 Å². The van der Waals surface area contributed by atoms with Crippen molar-refractivity contribution in [1.82, 2.24) is 4.90 Å². The minimum Gasteiger partial charge on any atom is -0.298 e. The largest absolute Gasteiger partial charge is 0.298 e. The van der Waals surface area contributed by atoms with Gasteiger partial charge in [0.25, 0.3) is 0 Å². The molecule has 1 saturated heterocycles. The molecule has 1 heterocycles. The van der Waals surface area contributed by atoms with Crippen molar-refractivity contribution in [3.63, 3.8) is 0 Å². The summed E-state index contributed by atoms with van der Waals surface area (Å²) in [5, 5.41) is 0.